The van der Waals surface area contributed by atoms with Gasteiger partial charge in [-0.25, -0.2) is 9.82 Å². The quantitative estimate of drug-likeness (QED) is 0.571. The molecule has 0 spiro atoms. The predicted molar refractivity (Wildman–Crippen MR) is 92.9 cm³/mol. The number of carbonyl (C=O) groups is 1. The minimum Gasteiger partial charge on any atom is -0.272 e. The van der Waals surface area contributed by atoms with Crippen LogP contribution in [-0.2, 0) is 12.8 Å². The third-order valence-corrected chi connectivity index (χ3v) is 4.26. The first-order valence-corrected chi connectivity index (χ1v) is 7.97. The molecule has 0 saturated carbocycles. The maximum Gasteiger partial charge on any atom is 0.289 e. The van der Waals surface area contributed by atoms with Gasteiger partial charge in [0.05, 0.1) is 11.9 Å². The average Bonchev–Trinajstić information content (AvgIpc) is 3.08. The summed E-state index contributed by atoms with van der Waals surface area (Å²) in [5, 5.41) is 11.1. The van der Waals surface area contributed by atoms with E-state index in [1.165, 1.54) is 23.9 Å². The molecule has 1 heterocycles. The molecule has 1 aromatic heterocycles. The number of aromatic nitrogens is 2. The summed E-state index contributed by atoms with van der Waals surface area (Å²) in [6.07, 6.45) is 3.10. The van der Waals surface area contributed by atoms with Crippen LogP contribution >= 0.6 is 0 Å². The van der Waals surface area contributed by atoms with Gasteiger partial charge in [-0.3, -0.25) is 9.89 Å². The molecule has 0 fully saturated rings. The van der Waals surface area contributed by atoms with Crippen LogP contribution in [0.1, 0.15) is 27.2 Å². The number of hydrogen-bond donors (Lipinski definition) is 2. The number of amides is 1. The first-order valence-electron chi connectivity index (χ1n) is 7.97. The first-order chi connectivity index (χ1) is 12.2. The van der Waals surface area contributed by atoms with Gasteiger partial charge < -0.3 is 0 Å². The van der Waals surface area contributed by atoms with Gasteiger partial charge in [0.15, 0.2) is 0 Å². The summed E-state index contributed by atoms with van der Waals surface area (Å²) in [7, 11) is 0. The normalized spacial score (nSPS) is 12.7. The number of halogens is 1. The topological polar surface area (TPSA) is 70.1 Å². The number of benzene rings is 2. The lowest BCUT2D eigenvalue weighted by Gasteiger charge is -2.15. The molecule has 2 aromatic carbocycles. The van der Waals surface area contributed by atoms with Crippen molar-refractivity contribution in [1.29, 1.82) is 0 Å². The molecule has 0 bridgehead atoms. The molecule has 0 aliphatic heterocycles. The molecule has 0 unspecified atom stereocenters. The molecule has 0 atom stereocenters. The van der Waals surface area contributed by atoms with Crippen LogP contribution in [0, 0.1) is 5.82 Å². The van der Waals surface area contributed by atoms with Crippen LogP contribution < -0.4 is 5.43 Å². The number of rotatable bonds is 3. The van der Waals surface area contributed by atoms with Crippen molar-refractivity contribution in [3.8, 4) is 11.3 Å². The van der Waals surface area contributed by atoms with E-state index in [9.17, 15) is 9.18 Å². The van der Waals surface area contributed by atoms with Crippen molar-refractivity contribution in [1.82, 2.24) is 15.6 Å². The van der Waals surface area contributed by atoms with Crippen molar-refractivity contribution in [2.45, 2.75) is 12.8 Å². The molecule has 1 aliphatic carbocycles. The Morgan fingerprint density at radius 2 is 1.96 bits per heavy atom. The highest BCUT2D eigenvalue weighted by Gasteiger charge is 2.24. The zero-order chi connectivity index (χ0) is 17.2. The van der Waals surface area contributed by atoms with Gasteiger partial charge in [-0.2, -0.15) is 10.2 Å². The predicted octanol–water partition coefficient (Wildman–Crippen LogP) is 3.08. The number of carbonyl (C=O) groups excluding carboxylic acids is 1. The molecule has 1 aliphatic rings. The van der Waals surface area contributed by atoms with Crippen molar-refractivity contribution in [2.75, 3.05) is 0 Å². The van der Waals surface area contributed by atoms with E-state index in [0.717, 1.165) is 29.7 Å². The Bertz CT molecular complexity index is 960. The van der Waals surface area contributed by atoms with E-state index in [0.29, 0.717) is 11.3 Å². The second-order valence-electron chi connectivity index (χ2n) is 5.83. The van der Waals surface area contributed by atoms with Gasteiger partial charge in [0, 0.05) is 11.1 Å². The van der Waals surface area contributed by atoms with E-state index in [-0.39, 0.29) is 11.7 Å². The lowest BCUT2D eigenvalue weighted by atomic mass is 9.89. The first kappa shape index (κ1) is 15.3. The summed E-state index contributed by atoms with van der Waals surface area (Å²) >= 11 is 0. The highest BCUT2D eigenvalue weighted by atomic mass is 19.1. The Morgan fingerprint density at radius 1 is 1.16 bits per heavy atom. The second-order valence-corrected chi connectivity index (χ2v) is 5.83. The number of aromatic amines is 1. The molecular formula is C19H15FN4O. The molecule has 4 rings (SSSR count). The van der Waals surface area contributed by atoms with Crippen LogP contribution in [-0.4, -0.2) is 22.3 Å². The van der Waals surface area contributed by atoms with Crippen molar-refractivity contribution < 1.29 is 9.18 Å². The summed E-state index contributed by atoms with van der Waals surface area (Å²) in [5.74, 6) is -0.656. The number of hydrazone groups is 1. The lowest BCUT2D eigenvalue weighted by Crippen LogP contribution is -2.20. The highest BCUT2D eigenvalue weighted by Crippen LogP contribution is 2.33. The monoisotopic (exact) mass is 334 g/mol. The fraction of sp³-hybridized carbons (Fsp3) is 0.105. The average molecular weight is 334 g/mol. The molecule has 5 nitrogen and oxygen atoms in total. The van der Waals surface area contributed by atoms with Gasteiger partial charge in [-0.05, 0) is 36.1 Å². The van der Waals surface area contributed by atoms with Gasteiger partial charge in [0.2, 0.25) is 0 Å². The molecule has 2 N–H and O–H groups in total. The smallest absolute Gasteiger partial charge is 0.272 e. The molecular weight excluding hydrogens is 319 g/mol. The van der Waals surface area contributed by atoms with Crippen molar-refractivity contribution in [3.63, 3.8) is 0 Å². The van der Waals surface area contributed by atoms with Crippen molar-refractivity contribution in [3.05, 3.63) is 76.7 Å². The molecule has 0 radical (unpaired) electrons. The third kappa shape index (κ3) is 2.94. The lowest BCUT2D eigenvalue weighted by molar-refractivity contribution is 0.0949. The van der Waals surface area contributed by atoms with Crippen molar-refractivity contribution in [2.24, 2.45) is 5.10 Å². The maximum atomic E-state index is 12.9. The van der Waals surface area contributed by atoms with Crippen LogP contribution in [0.2, 0.25) is 0 Å². The van der Waals surface area contributed by atoms with Gasteiger partial charge in [-0.15, -0.1) is 0 Å². The van der Waals surface area contributed by atoms with E-state index in [4.69, 9.17) is 0 Å². The Balaban J connectivity index is 1.53. The Hall–Kier alpha value is -3.28. The van der Waals surface area contributed by atoms with E-state index in [1.807, 2.05) is 18.2 Å². The van der Waals surface area contributed by atoms with Gasteiger partial charge in [0.25, 0.3) is 5.91 Å². The Morgan fingerprint density at radius 3 is 2.80 bits per heavy atom. The van der Waals surface area contributed by atoms with E-state index < -0.39 is 0 Å². The minimum atomic E-state index is -0.341. The fourth-order valence-corrected chi connectivity index (χ4v) is 3.02. The van der Waals surface area contributed by atoms with Crippen LogP contribution in [0.25, 0.3) is 11.3 Å². The number of nitrogens with zero attached hydrogens (tertiary/aromatic N) is 2. The summed E-state index contributed by atoms with van der Waals surface area (Å²) in [5.41, 5.74) is 7.66. The largest absolute Gasteiger partial charge is 0.289 e. The minimum absolute atomic E-state index is 0.314. The van der Waals surface area contributed by atoms with Gasteiger partial charge in [0.1, 0.15) is 11.5 Å². The number of H-pyrrole nitrogens is 1. The van der Waals surface area contributed by atoms with Crippen LogP contribution in [0.4, 0.5) is 4.39 Å². The highest BCUT2D eigenvalue weighted by molar-refractivity contribution is 5.96. The SMILES string of the molecule is O=C(NN=Cc1ccc(F)cc1)c1[nH]nc2c1CCc1ccccc1-2. The third-order valence-electron chi connectivity index (χ3n) is 4.26. The second kappa shape index (κ2) is 6.32. The van der Waals surface area contributed by atoms with Gasteiger partial charge in [-0.1, -0.05) is 36.4 Å². The molecule has 25 heavy (non-hydrogen) atoms. The number of hydrogen-bond acceptors (Lipinski definition) is 3. The zero-order valence-electron chi connectivity index (χ0n) is 13.3. The fourth-order valence-electron chi connectivity index (χ4n) is 3.02. The van der Waals surface area contributed by atoms with Crippen molar-refractivity contribution >= 4 is 12.1 Å². The summed E-state index contributed by atoms with van der Waals surface area (Å²) in [6.45, 7) is 0. The standard InChI is InChI=1S/C19H15FN4O/c20-14-8-5-12(6-9-14)11-21-24-19(25)18-16-10-7-13-3-1-2-4-15(13)17(16)22-23-18/h1-6,8-9,11H,7,10H2,(H,22,23)(H,24,25). The maximum absolute atomic E-state index is 12.9. The molecule has 6 heteroatoms. The van der Waals surface area contributed by atoms with Crippen LogP contribution in [0.5, 0.6) is 0 Å². The molecule has 1 amide bonds. The Labute approximate surface area is 143 Å². The Kier molecular flexibility index (Phi) is 3.85. The molecule has 3 aromatic rings. The van der Waals surface area contributed by atoms with Gasteiger partial charge >= 0.3 is 0 Å². The van der Waals surface area contributed by atoms with E-state index in [2.05, 4.69) is 26.8 Å². The number of nitrogens with one attached hydrogen (secondary N) is 2. The summed E-state index contributed by atoms with van der Waals surface area (Å²) in [6, 6.07) is 13.9. The number of aryl methyl sites for hydroxylation is 1. The van der Waals surface area contributed by atoms with Crippen LogP contribution in [0.3, 0.4) is 0 Å². The van der Waals surface area contributed by atoms with E-state index in [1.54, 1.807) is 12.1 Å². The summed E-state index contributed by atoms with van der Waals surface area (Å²) < 4.78 is 12.9. The summed E-state index contributed by atoms with van der Waals surface area (Å²) in [4.78, 5) is 12.4. The molecule has 0 saturated heterocycles. The van der Waals surface area contributed by atoms with E-state index >= 15 is 0 Å². The molecule has 124 valence electrons. The zero-order valence-corrected chi connectivity index (χ0v) is 13.3. The van der Waals surface area contributed by atoms with Crippen LogP contribution in [0.15, 0.2) is 53.6 Å². The number of fused-ring (bicyclic) bond motifs is 3.